The highest BCUT2D eigenvalue weighted by atomic mass is 16.4. The number of rotatable bonds is 7. The predicted molar refractivity (Wildman–Crippen MR) is 123 cm³/mol. The van der Waals surface area contributed by atoms with Crippen molar-refractivity contribution in [1.29, 1.82) is 5.41 Å². The summed E-state index contributed by atoms with van der Waals surface area (Å²) in [5.41, 5.74) is 10.5. The number of carbonyl (C=O) groups excluding carboxylic acids is 3. The van der Waals surface area contributed by atoms with Gasteiger partial charge in [0, 0.05) is 24.6 Å². The quantitative estimate of drug-likeness (QED) is 0.268. The van der Waals surface area contributed by atoms with E-state index in [9.17, 15) is 24.3 Å². The number of likely N-dealkylation sites (tertiary alicyclic amines) is 1. The molecule has 2 heterocycles. The van der Waals surface area contributed by atoms with E-state index in [2.05, 4.69) is 0 Å². The number of hydrogen-bond acceptors (Lipinski definition) is 6. The summed E-state index contributed by atoms with van der Waals surface area (Å²) in [5.74, 6) is -5.31. The fourth-order valence-corrected chi connectivity index (χ4v) is 5.20. The van der Waals surface area contributed by atoms with Crippen LogP contribution < -0.4 is 16.4 Å². The summed E-state index contributed by atoms with van der Waals surface area (Å²) < 4.78 is 0. The fourth-order valence-electron chi connectivity index (χ4n) is 5.20. The second kappa shape index (κ2) is 8.38. The molecule has 2 saturated heterocycles. The molecule has 0 radical (unpaired) electrons. The second-order valence-corrected chi connectivity index (χ2v) is 8.69. The van der Waals surface area contributed by atoms with Gasteiger partial charge in [-0.2, -0.15) is 0 Å². The molecule has 176 valence electrons. The molecule has 4 atom stereocenters. The molecule has 0 aromatic heterocycles. The molecule has 2 aliphatic rings. The van der Waals surface area contributed by atoms with Crippen molar-refractivity contribution in [2.24, 2.45) is 23.3 Å². The Morgan fingerprint density at radius 3 is 2.18 bits per heavy atom. The lowest BCUT2D eigenvalue weighted by atomic mass is 9.80. The highest BCUT2D eigenvalue weighted by Gasteiger charge is 2.70. The van der Waals surface area contributed by atoms with Crippen molar-refractivity contribution in [3.63, 3.8) is 0 Å². The minimum Gasteiger partial charge on any atom is -0.480 e. The van der Waals surface area contributed by atoms with Crippen LogP contribution in [0.3, 0.4) is 0 Å². The summed E-state index contributed by atoms with van der Waals surface area (Å²) in [6, 6.07) is 14.1. The van der Waals surface area contributed by atoms with Crippen LogP contribution in [0.25, 0.3) is 0 Å². The molecule has 0 aliphatic carbocycles. The maximum atomic E-state index is 13.7. The van der Waals surface area contributed by atoms with E-state index in [0.717, 1.165) is 4.90 Å². The van der Waals surface area contributed by atoms with E-state index in [1.165, 1.54) is 11.8 Å². The molecule has 4 unspecified atom stereocenters. The number of fused-ring (bicyclic) bond motifs is 1. The lowest BCUT2D eigenvalue weighted by Gasteiger charge is -2.38. The number of benzene rings is 2. The minimum atomic E-state index is -1.76. The van der Waals surface area contributed by atoms with Crippen LogP contribution in [0.5, 0.6) is 0 Å². The summed E-state index contributed by atoms with van der Waals surface area (Å²) in [6.45, 7) is 1.37. The average Bonchev–Trinajstić information content (AvgIpc) is 3.22. The molecule has 0 saturated carbocycles. The van der Waals surface area contributed by atoms with Gasteiger partial charge in [0.1, 0.15) is 11.4 Å². The Bertz CT molecular complexity index is 1180. The zero-order valence-electron chi connectivity index (χ0n) is 18.5. The summed E-state index contributed by atoms with van der Waals surface area (Å²) in [5, 5.41) is 17.9. The number of amidine groups is 1. The molecule has 2 aliphatic heterocycles. The molecule has 2 aromatic carbocycles. The number of nitrogens with zero attached hydrogens (tertiary/aromatic N) is 2. The first-order chi connectivity index (χ1) is 16.1. The summed E-state index contributed by atoms with van der Waals surface area (Å²) >= 11 is 0. The van der Waals surface area contributed by atoms with Gasteiger partial charge in [0.05, 0.1) is 17.5 Å². The van der Waals surface area contributed by atoms with Crippen LogP contribution in [-0.4, -0.2) is 51.6 Å². The first kappa shape index (κ1) is 23.1. The molecule has 10 heteroatoms. The number of nitrogens with two attached hydrogens (primary N) is 2. The molecule has 0 spiro atoms. The average molecular weight is 463 g/mol. The van der Waals surface area contributed by atoms with Crippen molar-refractivity contribution in [2.75, 3.05) is 11.4 Å². The number of aliphatic carboxylic acids is 1. The summed E-state index contributed by atoms with van der Waals surface area (Å²) in [4.78, 5) is 54.1. The van der Waals surface area contributed by atoms with Gasteiger partial charge >= 0.3 is 5.97 Å². The zero-order chi connectivity index (χ0) is 24.8. The van der Waals surface area contributed by atoms with E-state index in [1.54, 1.807) is 54.6 Å². The fraction of sp³-hybridized carbons (Fsp3) is 0.292. The Kier molecular flexibility index (Phi) is 5.70. The number of primary amides is 1. The number of carbonyl (C=O) groups is 4. The topological polar surface area (TPSA) is 171 Å². The molecule has 4 rings (SSSR count). The van der Waals surface area contributed by atoms with Gasteiger partial charge in [0.2, 0.25) is 17.7 Å². The van der Waals surface area contributed by atoms with Crippen LogP contribution in [0.2, 0.25) is 0 Å². The van der Waals surface area contributed by atoms with Crippen molar-refractivity contribution in [3.8, 4) is 0 Å². The van der Waals surface area contributed by atoms with E-state index in [4.69, 9.17) is 16.9 Å². The smallest absolute Gasteiger partial charge is 0.324 e. The number of amides is 3. The van der Waals surface area contributed by atoms with Crippen molar-refractivity contribution < 1.29 is 24.3 Å². The lowest BCUT2D eigenvalue weighted by Crippen LogP contribution is -2.56. The molecular weight excluding hydrogens is 438 g/mol. The van der Waals surface area contributed by atoms with Gasteiger partial charge in [0.15, 0.2) is 0 Å². The third-order valence-corrected chi connectivity index (χ3v) is 6.84. The highest BCUT2D eigenvalue weighted by Crippen LogP contribution is 2.55. The largest absolute Gasteiger partial charge is 0.480 e. The maximum absolute atomic E-state index is 13.7. The standard InChI is InChI=1S/C24H25N5O5/c1-24(23(33)34)18-17(21(31)29(22(18)32)15-5-3-2-4-6-15)19(28(24)12-11-16(25)30)13-7-9-14(10-8-13)20(26)27/h2-10,17-19H,11-12H2,1H3,(H2,25,30)(H3,26,27)(H,33,34). The van der Waals surface area contributed by atoms with Crippen LogP contribution in [0, 0.1) is 17.2 Å². The molecule has 34 heavy (non-hydrogen) atoms. The van der Waals surface area contributed by atoms with Gasteiger partial charge in [-0.1, -0.05) is 42.5 Å². The first-order valence-electron chi connectivity index (χ1n) is 10.7. The van der Waals surface area contributed by atoms with Crippen LogP contribution >= 0.6 is 0 Å². The molecular formula is C24H25N5O5. The SMILES string of the molecule is CC1(C(=O)O)C2C(=O)N(c3ccccc3)C(=O)C2C(c2ccc(C(=N)N)cc2)N1CCC(N)=O. The number of anilines is 1. The molecule has 2 aromatic rings. The monoisotopic (exact) mass is 463 g/mol. The van der Waals surface area contributed by atoms with E-state index in [-0.39, 0.29) is 18.8 Å². The van der Waals surface area contributed by atoms with Gasteiger partial charge in [-0.15, -0.1) is 0 Å². The normalized spacial score (nSPS) is 26.5. The van der Waals surface area contributed by atoms with Crippen LogP contribution in [0.4, 0.5) is 5.69 Å². The summed E-state index contributed by atoms with van der Waals surface area (Å²) in [7, 11) is 0. The third kappa shape index (κ3) is 3.43. The maximum Gasteiger partial charge on any atom is 0.324 e. The highest BCUT2D eigenvalue weighted by molar-refractivity contribution is 6.24. The summed E-state index contributed by atoms with van der Waals surface area (Å²) in [6.07, 6.45) is -0.144. The lowest BCUT2D eigenvalue weighted by molar-refractivity contribution is -0.154. The van der Waals surface area contributed by atoms with Crippen molar-refractivity contribution in [2.45, 2.75) is 24.9 Å². The van der Waals surface area contributed by atoms with E-state index in [1.807, 2.05) is 0 Å². The Labute approximate surface area is 195 Å². The van der Waals surface area contributed by atoms with Crippen LogP contribution in [-0.2, 0) is 19.2 Å². The van der Waals surface area contributed by atoms with Crippen LogP contribution in [0.15, 0.2) is 54.6 Å². The van der Waals surface area contributed by atoms with Crippen molar-refractivity contribution in [3.05, 3.63) is 65.7 Å². The van der Waals surface area contributed by atoms with Gasteiger partial charge in [0.25, 0.3) is 0 Å². The van der Waals surface area contributed by atoms with Gasteiger partial charge in [-0.25, -0.2) is 4.90 Å². The Hall–Kier alpha value is -4.05. The molecule has 0 bridgehead atoms. The van der Waals surface area contributed by atoms with Crippen LogP contribution in [0.1, 0.15) is 30.5 Å². The van der Waals surface area contributed by atoms with Gasteiger partial charge < -0.3 is 16.6 Å². The molecule has 3 amide bonds. The molecule has 6 N–H and O–H groups in total. The first-order valence-corrected chi connectivity index (χ1v) is 10.7. The Morgan fingerprint density at radius 2 is 1.65 bits per heavy atom. The molecule has 10 nitrogen and oxygen atoms in total. The number of carboxylic acid groups (broad SMARTS) is 1. The van der Waals surface area contributed by atoms with E-state index in [0.29, 0.717) is 16.8 Å². The predicted octanol–water partition coefficient (Wildman–Crippen LogP) is 0.852. The number of hydrogen-bond donors (Lipinski definition) is 4. The zero-order valence-corrected chi connectivity index (χ0v) is 18.5. The second-order valence-electron chi connectivity index (χ2n) is 8.69. The Balaban J connectivity index is 1.88. The van der Waals surface area contributed by atoms with Gasteiger partial charge in [-0.05, 0) is 24.6 Å². The van der Waals surface area contributed by atoms with E-state index < -0.39 is 47.1 Å². The van der Waals surface area contributed by atoms with Crippen molar-refractivity contribution >= 4 is 35.2 Å². The number of para-hydroxylation sites is 1. The van der Waals surface area contributed by atoms with E-state index >= 15 is 0 Å². The third-order valence-electron chi connectivity index (χ3n) is 6.84. The number of nitrogens with one attached hydrogen (secondary N) is 1. The number of nitrogen functional groups attached to an aromatic ring is 1. The number of imide groups is 1. The van der Waals surface area contributed by atoms with Gasteiger partial charge in [-0.3, -0.25) is 29.5 Å². The minimum absolute atomic E-state index is 0.0455. The Morgan fingerprint density at radius 1 is 1.03 bits per heavy atom. The molecule has 2 fully saturated rings. The van der Waals surface area contributed by atoms with Crippen molar-refractivity contribution in [1.82, 2.24) is 4.90 Å². The number of carboxylic acids is 1.